The molecule has 0 fully saturated rings. The van der Waals surface area contributed by atoms with Gasteiger partial charge in [-0.25, -0.2) is 19.6 Å². The van der Waals surface area contributed by atoms with Gasteiger partial charge in [0.2, 0.25) is 0 Å². The van der Waals surface area contributed by atoms with E-state index in [0.717, 1.165) is 33.8 Å². The van der Waals surface area contributed by atoms with Crippen LogP contribution in [0.1, 0.15) is 17.8 Å². The standard InChI is InChI=1S/C21H19N3O5S4/c25-20(26)15-12-30-18(24-15)19-23-14-7-6-13(11-16(14)32-19)29-21(27)28-9-3-4-10-31-33-17-5-1-2-8-22-17/h1-2,5-8,11,15H,3-4,9-10,12H2,(H,25,26)/t15-/m1/s1. The predicted molar refractivity (Wildman–Crippen MR) is 134 cm³/mol. The lowest BCUT2D eigenvalue weighted by molar-refractivity contribution is -0.137. The first-order valence-corrected chi connectivity index (χ1v) is 14.1. The van der Waals surface area contributed by atoms with Gasteiger partial charge in [0.15, 0.2) is 6.04 Å². The highest BCUT2D eigenvalue weighted by molar-refractivity contribution is 8.76. The van der Waals surface area contributed by atoms with Gasteiger partial charge in [0.25, 0.3) is 0 Å². The Balaban J connectivity index is 1.20. The average Bonchev–Trinajstić information content (AvgIpc) is 3.46. The fourth-order valence-corrected chi connectivity index (χ4v) is 6.84. The van der Waals surface area contributed by atoms with Crippen LogP contribution in [0.25, 0.3) is 10.2 Å². The van der Waals surface area contributed by atoms with E-state index in [-0.39, 0.29) is 0 Å². The summed E-state index contributed by atoms with van der Waals surface area (Å²) in [4.78, 5) is 36.0. The Kier molecular flexibility index (Phi) is 8.48. The first-order valence-electron chi connectivity index (χ1n) is 9.98. The highest BCUT2D eigenvalue weighted by Crippen LogP contribution is 2.32. The lowest BCUT2D eigenvalue weighted by Gasteiger charge is -2.06. The zero-order valence-corrected chi connectivity index (χ0v) is 20.5. The van der Waals surface area contributed by atoms with Crippen molar-refractivity contribution in [3.8, 4) is 5.75 Å². The van der Waals surface area contributed by atoms with Crippen LogP contribution >= 0.6 is 44.7 Å². The second kappa shape index (κ2) is 11.7. The average molecular weight is 522 g/mol. The number of thioether (sulfide) groups is 1. The number of rotatable bonds is 10. The highest BCUT2D eigenvalue weighted by Gasteiger charge is 2.27. The molecule has 12 heteroatoms. The Morgan fingerprint density at radius 3 is 2.91 bits per heavy atom. The minimum absolute atomic E-state index is 0.294. The Bertz CT molecular complexity index is 1160. The molecule has 1 N–H and O–H groups in total. The number of carbonyl (C=O) groups is 2. The number of thiazole rings is 1. The maximum Gasteiger partial charge on any atom is 0.513 e. The van der Waals surface area contributed by atoms with Gasteiger partial charge in [-0.05, 0) is 47.9 Å². The van der Waals surface area contributed by atoms with Gasteiger partial charge in [0, 0.05) is 23.8 Å². The van der Waals surface area contributed by atoms with E-state index in [4.69, 9.17) is 14.6 Å². The summed E-state index contributed by atoms with van der Waals surface area (Å²) in [7, 11) is 3.35. The Labute approximate surface area is 206 Å². The van der Waals surface area contributed by atoms with Gasteiger partial charge in [-0.2, -0.15) is 0 Å². The molecule has 1 aliphatic heterocycles. The number of aliphatic imine (C=N–C) groups is 1. The van der Waals surface area contributed by atoms with E-state index < -0.39 is 18.2 Å². The van der Waals surface area contributed by atoms with Crippen LogP contribution in [0.15, 0.2) is 52.6 Å². The zero-order valence-electron chi connectivity index (χ0n) is 17.2. The van der Waals surface area contributed by atoms with Crippen molar-refractivity contribution in [3.05, 3.63) is 47.6 Å². The van der Waals surface area contributed by atoms with Gasteiger partial charge in [0.1, 0.15) is 20.8 Å². The third-order valence-electron chi connectivity index (χ3n) is 4.30. The van der Waals surface area contributed by atoms with Crippen LogP contribution in [0.3, 0.4) is 0 Å². The summed E-state index contributed by atoms with van der Waals surface area (Å²) in [6.07, 6.45) is 2.69. The number of carbonyl (C=O) groups excluding carboxylic acids is 1. The largest absolute Gasteiger partial charge is 0.513 e. The number of hydrogen-bond donors (Lipinski definition) is 1. The van der Waals surface area contributed by atoms with Crippen molar-refractivity contribution < 1.29 is 24.2 Å². The molecule has 8 nitrogen and oxygen atoms in total. The van der Waals surface area contributed by atoms with Gasteiger partial charge >= 0.3 is 12.1 Å². The molecular weight excluding hydrogens is 503 g/mol. The Morgan fingerprint density at radius 1 is 1.21 bits per heavy atom. The number of unbranched alkanes of at least 4 members (excludes halogenated alkanes) is 1. The molecule has 3 heterocycles. The molecule has 0 spiro atoms. The predicted octanol–water partition coefficient (Wildman–Crippen LogP) is 5.37. The van der Waals surface area contributed by atoms with Gasteiger partial charge < -0.3 is 14.6 Å². The van der Waals surface area contributed by atoms with Crippen molar-refractivity contribution in [1.82, 2.24) is 9.97 Å². The van der Waals surface area contributed by atoms with Crippen LogP contribution in [0.5, 0.6) is 5.75 Å². The van der Waals surface area contributed by atoms with E-state index in [1.54, 1.807) is 46.0 Å². The Hall–Kier alpha value is -2.28. The SMILES string of the molecule is O=C(OCCCCSSc1ccccn1)Oc1ccc2nc(C3=N[C@@H](C(=O)O)CS3)sc2c1. The molecule has 0 aliphatic carbocycles. The van der Waals surface area contributed by atoms with Crippen molar-refractivity contribution in [2.24, 2.45) is 4.99 Å². The summed E-state index contributed by atoms with van der Waals surface area (Å²) in [5, 5.41) is 11.4. The van der Waals surface area contributed by atoms with E-state index in [1.165, 1.54) is 23.1 Å². The van der Waals surface area contributed by atoms with Crippen molar-refractivity contribution in [2.45, 2.75) is 23.9 Å². The van der Waals surface area contributed by atoms with Crippen LogP contribution in [0.4, 0.5) is 4.79 Å². The molecule has 1 aromatic carbocycles. The lowest BCUT2D eigenvalue weighted by atomic mass is 10.3. The maximum absolute atomic E-state index is 12.0. The first kappa shape index (κ1) is 23.9. The quantitative estimate of drug-likeness (QED) is 0.162. The third kappa shape index (κ3) is 6.85. The molecule has 172 valence electrons. The number of nitrogens with zero attached hydrogens (tertiary/aromatic N) is 3. The normalized spacial score (nSPS) is 15.4. The fourth-order valence-electron chi connectivity index (χ4n) is 2.72. The number of fused-ring (bicyclic) bond motifs is 1. The van der Waals surface area contributed by atoms with Crippen molar-refractivity contribution in [1.29, 1.82) is 0 Å². The molecule has 0 saturated carbocycles. The van der Waals surface area contributed by atoms with Crippen LogP contribution < -0.4 is 4.74 Å². The zero-order chi connectivity index (χ0) is 23.0. The third-order valence-corrected chi connectivity index (χ3v) is 8.86. The summed E-state index contributed by atoms with van der Waals surface area (Å²) in [6, 6.07) is 10.2. The number of carboxylic acids is 1. The summed E-state index contributed by atoms with van der Waals surface area (Å²) >= 11 is 2.76. The molecule has 1 atom stereocenters. The molecule has 0 radical (unpaired) electrons. The van der Waals surface area contributed by atoms with E-state index in [0.29, 0.717) is 28.2 Å². The number of hydrogen-bond acceptors (Lipinski definition) is 11. The van der Waals surface area contributed by atoms with E-state index in [2.05, 4.69) is 15.0 Å². The van der Waals surface area contributed by atoms with Crippen LogP contribution in [-0.2, 0) is 9.53 Å². The molecule has 4 rings (SSSR count). The summed E-state index contributed by atoms with van der Waals surface area (Å²) in [5.74, 6) is 0.771. The van der Waals surface area contributed by atoms with Gasteiger partial charge in [-0.15, -0.1) is 23.1 Å². The maximum atomic E-state index is 12.0. The summed E-state index contributed by atoms with van der Waals surface area (Å²) in [5.41, 5.74) is 0.735. The number of pyridine rings is 1. The number of aliphatic carboxylic acids is 1. The molecule has 2 aromatic heterocycles. The number of benzene rings is 1. The number of carboxylic acid groups (broad SMARTS) is 1. The van der Waals surface area contributed by atoms with Crippen molar-refractivity contribution in [3.63, 3.8) is 0 Å². The highest BCUT2D eigenvalue weighted by atomic mass is 33.1. The Morgan fingerprint density at radius 2 is 2.12 bits per heavy atom. The fraction of sp³-hybridized carbons (Fsp3) is 0.286. The minimum Gasteiger partial charge on any atom is -0.480 e. The van der Waals surface area contributed by atoms with Crippen LogP contribution in [0.2, 0.25) is 0 Å². The van der Waals surface area contributed by atoms with E-state index in [1.807, 2.05) is 18.2 Å². The van der Waals surface area contributed by atoms with E-state index in [9.17, 15) is 9.59 Å². The molecule has 0 saturated heterocycles. The van der Waals surface area contributed by atoms with Gasteiger partial charge in [-0.1, -0.05) is 16.9 Å². The lowest BCUT2D eigenvalue weighted by Crippen LogP contribution is -2.17. The topological polar surface area (TPSA) is 111 Å². The second-order valence-electron chi connectivity index (χ2n) is 6.73. The van der Waals surface area contributed by atoms with E-state index >= 15 is 0 Å². The molecule has 3 aromatic rings. The van der Waals surface area contributed by atoms with Crippen LogP contribution in [0, 0.1) is 0 Å². The smallest absolute Gasteiger partial charge is 0.480 e. The summed E-state index contributed by atoms with van der Waals surface area (Å²) < 4.78 is 11.3. The molecule has 33 heavy (non-hydrogen) atoms. The van der Waals surface area contributed by atoms with Crippen LogP contribution in [-0.4, -0.2) is 56.4 Å². The van der Waals surface area contributed by atoms with Gasteiger partial charge in [0.05, 0.1) is 16.8 Å². The molecular formula is C21H19N3O5S4. The molecule has 0 bridgehead atoms. The molecule has 0 amide bonds. The number of ether oxygens (including phenoxy) is 2. The van der Waals surface area contributed by atoms with Crippen molar-refractivity contribution in [2.75, 3.05) is 18.1 Å². The molecule has 0 unspecified atom stereocenters. The number of aromatic nitrogens is 2. The first-order chi connectivity index (χ1) is 16.1. The van der Waals surface area contributed by atoms with Gasteiger partial charge in [-0.3, -0.25) is 4.99 Å². The van der Waals surface area contributed by atoms with Crippen molar-refractivity contribution >= 4 is 72.1 Å². The molecule has 1 aliphatic rings. The monoisotopic (exact) mass is 521 g/mol. The minimum atomic E-state index is -0.935. The second-order valence-corrected chi connectivity index (χ2v) is 11.2. The summed E-state index contributed by atoms with van der Waals surface area (Å²) in [6.45, 7) is 0.294.